The van der Waals surface area contributed by atoms with Crippen LogP contribution in [0.2, 0.25) is 0 Å². The number of carbonyl (C=O) groups is 1. The first kappa shape index (κ1) is 24.3. The zero-order chi connectivity index (χ0) is 23.7. The molecule has 6 aliphatic carbocycles. The third kappa shape index (κ3) is 3.19. The molecule has 0 spiro atoms. The van der Waals surface area contributed by atoms with Crippen molar-refractivity contribution in [3.63, 3.8) is 0 Å². The van der Waals surface area contributed by atoms with Gasteiger partial charge in [0.25, 0.3) is 0 Å². The van der Waals surface area contributed by atoms with Crippen LogP contribution in [-0.2, 0) is 4.79 Å². The zero-order valence-corrected chi connectivity index (χ0v) is 22.1. The molecule has 6 rings (SSSR count). The molecular weight excluding hydrogens is 388 g/mol. The van der Waals surface area contributed by atoms with Gasteiger partial charge in [0.2, 0.25) is 0 Å². The fourth-order valence-corrected chi connectivity index (χ4v) is 10.6. The molecule has 6 saturated carbocycles. The van der Waals surface area contributed by atoms with Crippen LogP contribution < -0.4 is 0 Å². The van der Waals surface area contributed by atoms with Crippen molar-refractivity contribution in [2.75, 3.05) is 0 Å². The molecular formula is C31H50O. The van der Waals surface area contributed by atoms with Crippen LogP contribution in [0.5, 0.6) is 0 Å². The maximum absolute atomic E-state index is 8.00. The normalized spacial score (nSPS) is 48.8. The molecule has 0 N–H and O–H groups in total. The lowest BCUT2D eigenvalue weighted by atomic mass is 9.69. The van der Waals surface area contributed by atoms with Crippen LogP contribution in [0.4, 0.5) is 0 Å². The van der Waals surface area contributed by atoms with Gasteiger partial charge >= 0.3 is 0 Å². The third-order valence-electron chi connectivity index (χ3n) is 12.1. The largest absolute Gasteiger partial charge is 0.307 e. The highest BCUT2D eigenvalue weighted by molar-refractivity contribution is 5.30. The predicted octanol–water partition coefficient (Wildman–Crippen LogP) is 8.65. The van der Waals surface area contributed by atoms with Gasteiger partial charge in [0.15, 0.2) is 0 Å². The van der Waals surface area contributed by atoms with Gasteiger partial charge in [0, 0.05) is 0 Å². The molecule has 180 valence electrons. The molecule has 0 saturated heterocycles. The van der Waals surface area contributed by atoms with E-state index in [9.17, 15) is 0 Å². The summed E-state index contributed by atoms with van der Waals surface area (Å²) in [4.78, 5) is 8.00. The van der Waals surface area contributed by atoms with Crippen LogP contribution in [0.3, 0.4) is 0 Å². The quantitative estimate of drug-likeness (QED) is 0.346. The van der Waals surface area contributed by atoms with E-state index in [1.807, 2.05) is 6.79 Å². The zero-order valence-electron chi connectivity index (χ0n) is 22.1. The summed E-state index contributed by atoms with van der Waals surface area (Å²) in [6, 6.07) is 0. The Kier molecular flexibility index (Phi) is 5.95. The van der Waals surface area contributed by atoms with Crippen LogP contribution in [0.15, 0.2) is 24.3 Å². The van der Waals surface area contributed by atoms with Crippen molar-refractivity contribution in [2.24, 2.45) is 57.2 Å². The fourth-order valence-electron chi connectivity index (χ4n) is 10.6. The van der Waals surface area contributed by atoms with E-state index in [0.29, 0.717) is 21.7 Å². The highest BCUT2D eigenvalue weighted by Crippen LogP contribution is 2.71. The molecule has 6 aliphatic rings. The summed E-state index contributed by atoms with van der Waals surface area (Å²) in [5.74, 6) is 5.58. The van der Waals surface area contributed by atoms with Gasteiger partial charge in [-0.3, -0.25) is 0 Å². The minimum Gasteiger partial charge on any atom is -0.307 e. The summed E-state index contributed by atoms with van der Waals surface area (Å²) < 4.78 is 0. The Morgan fingerprint density at radius 3 is 1.28 bits per heavy atom. The van der Waals surface area contributed by atoms with E-state index >= 15 is 0 Å². The van der Waals surface area contributed by atoms with Gasteiger partial charge in [-0.15, -0.1) is 0 Å². The molecule has 0 heterocycles. The summed E-state index contributed by atoms with van der Waals surface area (Å²) >= 11 is 0. The van der Waals surface area contributed by atoms with E-state index in [1.165, 1.54) is 64.2 Å². The second-order valence-electron chi connectivity index (χ2n) is 14.2. The first-order valence-electron chi connectivity index (χ1n) is 13.6. The van der Waals surface area contributed by atoms with Crippen molar-refractivity contribution in [2.45, 2.75) is 106 Å². The summed E-state index contributed by atoms with van der Waals surface area (Å²) in [6.45, 7) is 26.0. The van der Waals surface area contributed by atoms with Crippen molar-refractivity contribution < 1.29 is 4.79 Å². The number of rotatable bonds is 0. The van der Waals surface area contributed by atoms with Crippen molar-refractivity contribution in [1.29, 1.82) is 0 Å². The predicted molar refractivity (Wildman–Crippen MR) is 136 cm³/mol. The number of carbonyl (C=O) groups excluding carboxylic acids is 1. The maximum atomic E-state index is 8.00. The number of allylic oxidation sites excluding steroid dienone is 2. The molecule has 0 aromatic heterocycles. The molecule has 0 radical (unpaired) electrons. The Balaban J connectivity index is 0.000000142. The van der Waals surface area contributed by atoms with Gasteiger partial charge in [0.05, 0.1) is 0 Å². The van der Waals surface area contributed by atoms with Crippen molar-refractivity contribution in [3.05, 3.63) is 24.3 Å². The summed E-state index contributed by atoms with van der Waals surface area (Å²) in [5, 5.41) is 0. The molecule has 0 amide bonds. The standard InChI is InChI=1S/2C15H24.CH2O/c2*1-10-11-6-7-12-13(11)14(2,3)8-5-9-15(10,12)4;1-2/h2*11-13H,1,5-9H2,2-4H3;1H2. The van der Waals surface area contributed by atoms with Gasteiger partial charge in [-0.1, -0.05) is 78.7 Å². The van der Waals surface area contributed by atoms with E-state index in [4.69, 9.17) is 4.79 Å². The molecule has 8 bridgehead atoms. The minimum atomic E-state index is 0.515. The highest BCUT2D eigenvalue weighted by atomic mass is 16.1. The Labute approximate surface area is 198 Å². The average Bonchev–Trinajstić information content (AvgIpc) is 3.43. The van der Waals surface area contributed by atoms with Crippen molar-refractivity contribution in [3.8, 4) is 0 Å². The van der Waals surface area contributed by atoms with E-state index in [0.717, 1.165) is 35.5 Å². The molecule has 0 aliphatic heterocycles. The minimum absolute atomic E-state index is 0.515. The second-order valence-corrected chi connectivity index (χ2v) is 14.2. The fraction of sp³-hybridized carbons (Fsp3) is 0.839. The molecule has 32 heavy (non-hydrogen) atoms. The third-order valence-corrected chi connectivity index (χ3v) is 12.1. The topological polar surface area (TPSA) is 17.1 Å². The Morgan fingerprint density at radius 1 is 0.594 bits per heavy atom. The van der Waals surface area contributed by atoms with E-state index in [1.54, 1.807) is 11.1 Å². The lowest BCUT2D eigenvalue weighted by Gasteiger charge is -2.35. The van der Waals surface area contributed by atoms with Crippen molar-refractivity contribution >= 4 is 6.79 Å². The van der Waals surface area contributed by atoms with Crippen LogP contribution in [0, 0.1) is 57.2 Å². The molecule has 0 aromatic carbocycles. The first-order valence-corrected chi connectivity index (χ1v) is 13.6. The van der Waals surface area contributed by atoms with Crippen LogP contribution in [0.25, 0.3) is 0 Å². The Hall–Kier alpha value is -0.850. The van der Waals surface area contributed by atoms with Gasteiger partial charge in [-0.05, 0) is 109 Å². The lowest BCUT2D eigenvalue weighted by Crippen LogP contribution is -2.28. The molecule has 8 atom stereocenters. The summed E-state index contributed by atoms with van der Waals surface area (Å²) in [6.07, 6.45) is 14.4. The van der Waals surface area contributed by atoms with E-state index in [2.05, 4.69) is 54.7 Å². The van der Waals surface area contributed by atoms with E-state index < -0.39 is 0 Å². The monoisotopic (exact) mass is 438 g/mol. The lowest BCUT2D eigenvalue weighted by molar-refractivity contribution is -0.0979. The molecule has 1 heteroatoms. The molecule has 1 nitrogen and oxygen atoms in total. The summed E-state index contributed by atoms with van der Waals surface area (Å²) in [5.41, 5.74) is 5.42. The van der Waals surface area contributed by atoms with Crippen LogP contribution >= 0.6 is 0 Å². The van der Waals surface area contributed by atoms with Crippen LogP contribution in [0.1, 0.15) is 106 Å². The molecule has 6 fully saturated rings. The van der Waals surface area contributed by atoms with Crippen LogP contribution in [-0.4, -0.2) is 6.79 Å². The first-order chi connectivity index (χ1) is 14.9. The number of hydrogen-bond acceptors (Lipinski definition) is 1. The SMILES string of the molecule is C=C1C2CCC3C2C(C)(C)CCCC13C.C=C1C2CCC3C2C(C)(C)CCCC13C.C=O. The second kappa shape index (κ2) is 7.84. The number of hydrogen-bond donors (Lipinski definition) is 0. The maximum Gasteiger partial charge on any atom is 0.106 e. The van der Waals surface area contributed by atoms with E-state index in [-0.39, 0.29) is 0 Å². The smallest absolute Gasteiger partial charge is 0.106 e. The van der Waals surface area contributed by atoms with Gasteiger partial charge in [-0.25, -0.2) is 0 Å². The highest BCUT2D eigenvalue weighted by Gasteiger charge is 2.62. The van der Waals surface area contributed by atoms with Gasteiger partial charge in [0.1, 0.15) is 6.79 Å². The average molecular weight is 439 g/mol. The van der Waals surface area contributed by atoms with Gasteiger partial charge in [-0.2, -0.15) is 0 Å². The summed E-state index contributed by atoms with van der Waals surface area (Å²) in [7, 11) is 0. The molecule has 0 aromatic rings. The Morgan fingerprint density at radius 2 is 0.938 bits per heavy atom. The van der Waals surface area contributed by atoms with Gasteiger partial charge < -0.3 is 4.79 Å². The van der Waals surface area contributed by atoms with Crippen molar-refractivity contribution in [1.82, 2.24) is 0 Å². The molecule has 8 unspecified atom stereocenters. The Bertz CT molecular complexity index is 709.